The van der Waals surface area contributed by atoms with Gasteiger partial charge in [-0.1, -0.05) is 12.8 Å². The summed E-state index contributed by atoms with van der Waals surface area (Å²) in [4.78, 5) is 16.5. The third-order valence-electron chi connectivity index (χ3n) is 4.14. The lowest BCUT2D eigenvalue weighted by Crippen LogP contribution is -2.41. The van der Waals surface area contributed by atoms with Crippen molar-refractivity contribution >= 4 is 17.2 Å². The van der Waals surface area contributed by atoms with Gasteiger partial charge in [0.25, 0.3) is 0 Å². The van der Waals surface area contributed by atoms with Gasteiger partial charge in [0.1, 0.15) is 5.76 Å². The van der Waals surface area contributed by atoms with Crippen molar-refractivity contribution in [2.45, 2.75) is 44.6 Å². The van der Waals surface area contributed by atoms with Gasteiger partial charge < -0.3 is 14.8 Å². The second-order valence-electron chi connectivity index (χ2n) is 5.92. The van der Waals surface area contributed by atoms with Gasteiger partial charge in [-0.25, -0.2) is 4.98 Å². The topological polar surface area (TPSA) is 75.4 Å². The highest BCUT2D eigenvalue weighted by Crippen LogP contribution is 2.28. The first-order chi connectivity index (χ1) is 10.6. The molecule has 1 aliphatic rings. The number of oxazole rings is 1. The maximum absolute atomic E-state index is 12.1. The molecule has 2 aromatic rings. The first-order valence-corrected chi connectivity index (χ1v) is 8.48. The molecule has 0 radical (unpaired) electrons. The fourth-order valence-corrected chi connectivity index (χ4v) is 3.42. The molecule has 0 saturated heterocycles. The van der Waals surface area contributed by atoms with Crippen molar-refractivity contribution in [3.63, 3.8) is 0 Å². The molecule has 1 aliphatic carbocycles. The van der Waals surface area contributed by atoms with E-state index in [-0.39, 0.29) is 12.3 Å². The lowest BCUT2D eigenvalue weighted by Gasteiger charge is -2.22. The number of aliphatic hydroxyl groups is 1. The minimum absolute atomic E-state index is 0.131. The Balaban J connectivity index is 1.59. The first kappa shape index (κ1) is 15.2. The van der Waals surface area contributed by atoms with Gasteiger partial charge in [0.15, 0.2) is 0 Å². The van der Waals surface area contributed by atoms with Crippen LogP contribution in [0, 0.1) is 6.92 Å². The smallest absolute Gasteiger partial charge is 0.227 e. The van der Waals surface area contributed by atoms with Crippen LogP contribution in [0.1, 0.15) is 37.1 Å². The second kappa shape index (κ2) is 6.22. The molecule has 1 saturated carbocycles. The Labute approximate surface area is 133 Å². The Kier molecular flexibility index (Phi) is 4.31. The van der Waals surface area contributed by atoms with Crippen LogP contribution >= 0.6 is 11.3 Å². The Bertz CT molecular complexity index is 642. The van der Waals surface area contributed by atoms with Gasteiger partial charge in [0.05, 0.1) is 17.7 Å². The number of nitrogens with one attached hydrogen (secondary N) is 1. The molecule has 1 fully saturated rings. The lowest BCUT2D eigenvalue weighted by atomic mass is 10.0. The molecule has 1 amide bonds. The maximum Gasteiger partial charge on any atom is 0.227 e. The maximum atomic E-state index is 12.1. The molecule has 3 rings (SSSR count). The molecule has 118 valence electrons. The number of aromatic nitrogens is 1. The van der Waals surface area contributed by atoms with E-state index in [1.54, 1.807) is 11.3 Å². The van der Waals surface area contributed by atoms with E-state index in [0.717, 1.165) is 31.2 Å². The zero-order valence-corrected chi connectivity index (χ0v) is 13.4. The van der Waals surface area contributed by atoms with E-state index in [0.29, 0.717) is 23.9 Å². The Hall–Kier alpha value is -1.66. The number of carbonyl (C=O) groups is 1. The molecule has 0 unspecified atom stereocenters. The minimum atomic E-state index is -0.726. The van der Waals surface area contributed by atoms with Gasteiger partial charge >= 0.3 is 0 Å². The van der Waals surface area contributed by atoms with Crippen LogP contribution in [0.5, 0.6) is 0 Å². The van der Waals surface area contributed by atoms with Crippen LogP contribution < -0.4 is 5.32 Å². The Morgan fingerprint density at radius 3 is 2.95 bits per heavy atom. The van der Waals surface area contributed by atoms with E-state index in [4.69, 9.17) is 4.42 Å². The normalized spacial score (nSPS) is 16.8. The predicted molar refractivity (Wildman–Crippen MR) is 84.7 cm³/mol. The molecule has 5 nitrogen and oxygen atoms in total. The second-order valence-corrected chi connectivity index (χ2v) is 6.70. The van der Waals surface area contributed by atoms with E-state index in [9.17, 15) is 9.90 Å². The van der Waals surface area contributed by atoms with Gasteiger partial charge in [-0.3, -0.25) is 4.79 Å². The summed E-state index contributed by atoms with van der Waals surface area (Å²) in [5.41, 5.74) is 0.855. The molecule has 6 heteroatoms. The highest BCUT2D eigenvalue weighted by Gasteiger charge is 2.31. The number of amides is 1. The van der Waals surface area contributed by atoms with E-state index >= 15 is 0 Å². The number of hydrogen-bond donors (Lipinski definition) is 2. The molecular weight excluding hydrogens is 300 g/mol. The summed E-state index contributed by atoms with van der Waals surface area (Å²) in [6, 6.07) is 1.94. The van der Waals surface area contributed by atoms with Gasteiger partial charge in [-0.2, -0.15) is 11.3 Å². The molecule has 2 aromatic heterocycles. The summed E-state index contributed by atoms with van der Waals surface area (Å²) >= 11 is 1.58. The Morgan fingerprint density at radius 2 is 2.27 bits per heavy atom. The van der Waals surface area contributed by atoms with Gasteiger partial charge in [-0.15, -0.1) is 0 Å². The lowest BCUT2D eigenvalue weighted by molar-refractivity contribution is -0.121. The van der Waals surface area contributed by atoms with Crippen molar-refractivity contribution in [3.8, 4) is 11.5 Å². The summed E-state index contributed by atoms with van der Waals surface area (Å²) in [5, 5.41) is 17.0. The first-order valence-electron chi connectivity index (χ1n) is 7.54. The van der Waals surface area contributed by atoms with Crippen LogP contribution in [-0.2, 0) is 11.2 Å². The van der Waals surface area contributed by atoms with Gasteiger partial charge in [0, 0.05) is 17.5 Å². The van der Waals surface area contributed by atoms with Crippen molar-refractivity contribution < 1.29 is 14.3 Å². The highest BCUT2D eigenvalue weighted by atomic mass is 32.1. The summed E-state index contributed by atoms with van der Waals surface area (Å²) in [6.07, 6.45) is 3.75. The summed E-state index contributed by atoms with van der Waals surface area (Å²) in [7, 11) is 0. The van der Waals surface area contributed by atoms with Crippen LogP contribution in [0.15, 0.2) is 21.2 Å². The van der Waals surface area contributed by atoms with E-state index < -0.39 is 5.60 Å². The number of hydrogen-bond acceptors (Lipinski definition) is 5. The summed E-state index contributed by atoms with van der Waals surface area (Å²) in [6.45, 7) is 2.14. The van der Waals surface area contributed by atoms with E-state index in [2.05, 4.69) is 10.3 Å². The molecule has 2 heterocycles. The van der Waals surface area contributed by atoms with E-state index in [1.807, 2.05) is 23.8 Å². The van der Waals surface area contributed by atoms with E-state index in [1.165, 1.54) is 0 Å². The van der Waals surface area contributed by atoms with Crippen molar-refractivity contribution in [2.75, 3.05) is 6.54 Å². The predicted octanol–water partition coefficient (Wildman–Crippen LogP) is 2.68. The third kappa shape index (κ3) is 3.39. The molecule has 2 N–H and O–H groups in total. The van der Waals surface area contributed by atoms with Crippen LogP contribution in [-0.4, -0.2) is 28.1 Å². The minimum Gasteiger partial charge on any atom is -0.441 e. The van der Waals surface area contributed by atoms with Crippen LogP contribution in [0.4, 0.5) is 0 Å². The van der Waals surface area contributed by atoms with Gasteiger partial charge in [-0.05, 0) is 31.2 Å². The molecule has 0 aromatic carbocycles. The largest absolute Gasteiger partial charge is 0.441 e. The Morgan fingerprint density at radius 1 is 1.50 bits per heavy atom. The molecule has 22 heavy (non-hydrogen) atoms. The zero-order chi connectivity index (χ0) is 15.6. The fourth-order valence-electron chi connectivity index (χ4n) is 2.79. The SMILES string of the molecule is Cc1oc(-c2ccsc2)nc1CC(=O)NCC1(O)CCCC1. The average molecular weight is 320 g/mol. The fraction of sp³-hybridized carbons (Fsp3) is 0.500. The summed E-state index contributed by atoms with van der Waals surface area (Å²) in [5.74, 6) is 1.08. The zero-order valence-electron chi connectivity index (χ0n) is 12.6. The number of carbonyl (C=O) groups excluding carboxylic acids is 1. The molecule has 0 atom stereocenters. The number of aryl methyl sites for hydroxylation is 1. The number of rotatable bonds is 5. The third-order valence-corrected chi connectivity index (χ3v) is 4.82. The number of thiophene rings is 1. The quantitative estimate of drug-likeness (QED) is 0.888. The van der Waals surface area contributed by atoms with Crippen molar-refractivity contribution in [3.05, 3.63) is 28.3 Å². The standard InChI is InChI=1S/C16H20N2O3S/c1-11-13(18-15(21-11)12-4-7-22-9-12)8-14(19)17-10-16(20)5-2-3-6-16/h4,7,9,20H,2-3,5-6,8,10H2,1H3,(H,17,19). The molecule has 0 bridgehead atoms. The van der Waals surface area contributed by atoms with Crippen LogP contribution in [0.3, 0.4) is 0 Å². The van der Waals surface area contributed by atoms with Crippen molar-refractivity contribution in [2.24, 2.45) is 0 Å². The molecular formula is C16H20N2O3S. The summed E-state index contributed by atoms with van der Waals surface area (Å²) < 4.78 is 5.62. The highest BCUT2D eigenvalue weighted by molar-refractivity contribution is 7.08. The van der Waals surface area contributed by atoms with Crippen LogP contribution in [0.2, 0.25) is 0 Å². The van der Waals surface area contributed by atoms with Crippen molar-refractivity contribution in [1.29, 1.82) is 0 Å². The van der Waals surface area contributed by atoms with Crippen molar-refractivity contribution in [1.82, 2.24) is 10.3 Å². The van der Waals surface area contributed by atoms with Gasteiger partial charge in [0.2, 0.25) is 11.8 Å². The monoisotopic (exact) mass is 320 g/mol. The molecule has 0 aliphatic heterocycles. The average Bonchev–Trinajstić information content (AvgIpc) is 3.20. The molecule has 0 spiro atoms. The number of nitrogens with zero attached hydrogens (tertiary/aromatic N) is 1. The van der Waals surface area contributed by atoms with Crippen LogP contribution in [0.25, 0.3) is 11.5 Å².